The second-order valence-electron chi connectivity index (χ2n) is 11.5. The molecule has 3 aliphatic heterocycles. The summed E-state index contributed by atoms with van der Waals surface area (Å²) in [5.74, 6) is 0.263. The number of hydrogen-bond acceptors (Lipinski definition) is 13. The number of carbonyl (C=O) groups is 2. The molecule has 3 aromatic rings. The Balaban J connectivity index is 1.05. The van der Waals surface area contributed by atoms with Gasteiger partial charge < -0.3 is 53.6 Å². The van der Waals surface area contributed by atoms with Gasteiger partial charge in [-0.3, -0.25) is 4.79 Å². The predicted molar refractivity (Wildman–Crippen MR) is 171 cm³/mol. The summed E-state index contributed by atoms with van der Waals surface area (Å²) in [5, 5.41) is 26.3. The second-order valence-corrected chi connectivity index (χ2v) is 11.5. The van der Waals surface area contributed by atoms with E-state index in [-0.39, 0.29) is 50.7 Å². The van der Waals surface area contributed by atoms with E-state index in [1.165, 1.54) is 12.1 Å². The zero-order valence-corrected chi connectivity index (χ0v) is 27.2. The molecule has 0 fully saturated rings. The van der Waals surface area contributed by atoms with Crippen molar-refractivity contribution in [1.29, 1.82) is 0 Å². The van der Waals surface area contributed by atoms with Crippen molar-refractivity contribution in [3.63, 3.8) is 0 Å². The van der Waals surface area contributed by atoms with Gasteiger partial charge in [0.05, 0.1) is 45.5 Å². The number of carbonyl (C=O) groups excluding carboxylic acids is 2. The first-order valence-corrected chi connectivity index (χ1v) is 15.5. The molecule has 260 valence electrons. The fourth-order valence-corrected chi connectivity index (χ4v) is 5.86. The summed E-state index contributed by atoms with van der Waals surface area (Å²) >= 11 is 0. The van der Waals surface area contributed by atoms with Gasteiger partial charge in [0.2, 0.25) is 17.7 Å². The molecule has 3 N–H and O–H groups in total. The number of amides is 1. The van der Waals surface area contributed by atoms with Crippen LogP contribution >= 0.6 is 0 Å². The van der Waals surface area contributed by atoms with Crippen LogP contribution in [-0.4, -0.2) is 91.9 Å². The maximum atomic E-state index is 12.7. The lowest BCUT2D eigenvalue weighted by atomic mass is 9.83. The van der Waals surface area contributed by atoms with Crippen molar-refractivity contribution in [2.24, 2.45) is 5.16 Å². The highest BCUT2D eigenvalue weighted by Crippen LogP contribution is 2.47. The molecule has 2 aromatic carbocycles. The van der Waals surface area contributed by atoms with E-state index in [1.807, 2.05) is 31.2 Å². The Labute approximate surface area is 281 Å². The third-order valence-corrected chi connectivity index (χ3v) is 8.24. The van der Waals surface area contributed by atoms with Crippen molar-refractivity contribution in [2.75, 3.05) is 47.2 Å². The summed E-state index contributed by atoms with van der Waals surface area (Å²) in [7, 11) is 3.15. The van der Waals surface area contributed by atoms with E-state index in [1.54, 1.807) is 20.3 Å². The van der Waals surface area contributed by atoms with Crippen molar-refractivity contribution in [3.05, 3.63) is 71.3 Å². The summed E-state index contributed by atoms with van der Waals surface area (Å²) in [5.41, 5.74) is 3.88. The fraction of sp³-hybridized carbons (Fsp3) is 0.382. The number of methoxy groups -OCH3 is 2. The molecule has 3 aliphatic rings. The number of fused-ring (bicyclic) bond motifs is 4. The minimum absolute atomic E-state index is 0.00506. The third-order valence-electron chi connectivity index (χ3n) is 8.24. The van der Waals surface area contributed by atoms with Crippen LogP contribution in [0, 0.1) is 0 Å². The second kappa shape index (κ2) is 14.4. The number of oxime groups is 1. The van der Waals surface area contributed by atoms with E-state index in [0.717, 1.165) is 22.3 Å². The van der Waals surface area contributed by atoms with Gasteiger partial charge in [0.25, 0.3) is 0 Å². The molecule has 4 heterocycles. The molecule has 4 atom stereocenters. The number of ether oxygens (including phenoxy) is 6. The molecule has 0 spiro atoms. The lowest BCUT2D eigenvalue weighted by Crippen LogP contribution is -2.33. The highest BCUT2D eigenvalue weighted by atomic mass is 16.7. The molecule has 3 unspecified atom stereocenters. The van der Waals surface area contributed by atoms with E-state index in [4.69, 9.17) is 38.1 Å². The Morgan fingerprint density at radius 3 is 2.51 bits per heavy atom. The van der Waals surface area contributed by atoms with Gasteiger partial charge in [-0.25, -0.2) is 4.79 Å². The van der Waals surface area contributed by atoms with Crippen molar-refractivity contribution < 1.29 is 57.9 Å². The first-order valence-electron chi connectivity index (χ1n) is 15.5. The van der Waals surface area contributed by atoms with Gasteiger partial charge in [-0.15, -0.1) is 4.73 Å². The van der Waals surface area contributed by atoms with Gasteiger partial charge in [0, 0.05) is 41.4 Å². The van der Waals surface area contributed by atoms with E-state index in [2.05, 4.69) is 17.1 Å². The first kappa shape index (κ1) is 33.5. The highest BCUT2D eigenvalue weighted by Gasteiger charge is 2.43. The quantitative estimate of drug-likeness (QED) is 0.168. The molecule has 15 nitrogen and oxygen atoms in total. The maximum absolute atomic E-state index is 12.7. The van der Waals surface area contributed by atoms with Crippen molar-refractivity contribution in [2.45, 2.75) is 37.6 Å². The van der Waals surface area contributed by atoms with Crippen molar-refractivity contribution >= 4 is 17.6 Å². The molecule has 0 bridgehead atoms. The molecule has 0 saturated heterocycles. The van der Waals surface area contributed by atoms with Crippen LogP contribution in [0.2, 0.25) is 0 Å². The molecule has 1 aromatic heterocycles. The first-order chi connectivity index (χ1) is 23.7. The Morgan fingerprint density at radius 1 is 1.02 bits per heavy atom. The number of nitrogens with zero attached hydrogens (tertiary/aromatic N) is 2. The van der Waals surface area contributed by atoms with Gasteiger partial charge in [0.1, 0.15) is 36.9 Å². The van der Waals surface area contributed by atoms with Crippen LogP contribution in [0.1, 0.15) is 42.1 Å². The lowest BCUT2D eigenvalue weighted by molar-refractivity contribution is -0.146. The average molecular weight is 680 g/mol. The van der Waals surface area contributed by atoms with E-state index in [0.29, 0.717) is 40.0 Å². The average Bonchev–Trinajstić information content (AvgIpc) is 3.79. The number of nitrogens with one attached hydrogen (secondary N) is 1. The largest absolute Gasteiger partial charge is 0.493 e. The molecule has 1 amide bonds. The van der Waals surface area contributed by atoms with Gasteiger partial charge in [0.15, 0.2) is 17.6 Å². The monoisotopic (exact) mass is 679 g/mol. The number of aromatic hydroxyl groups is 2. The van der Waals surface area contributed by atoms with Crippen LogP contribution in [0.15, 0.2) is 59.8 Å². The minimum atomic E-state index is -0.723. The van der Waals surface area contributed by atoms with Gasteiger partial charge >= 0.3 is 5.97 Å². The van der Waals surface area contributed by atoms with Crippen molar-refractivity contribution in [1.82, 2.24) is 10.0 Å². The Hall–Kier alpha value is -5.41. The van der Waals surface area contributed by atoms with Crippen LogP contribution in [0.4, 0.5) is 0 Å². The number of rotatable bonds is 14. The Bertz CT molecular complexity index is 1750. The molecule has 15 heteroatoms. The van der Waals surface area contributed by atoms with E-state index in [9.17, 15) is 19.8 Å². The Kier molecular flexibility index (Phi) is 9.82. The smallest absolute Gasteiger partial charge is 0.335 e. The van der Waals surface area contributed by atoms with Gasteiger partial charge in [-0.2, -0.15) is 0 Å². The molecular weight excluding hydrogens is 642 g/mol. The minimum Gasteiger partial charge on any atom is -0.493 e. The van der Waals surface area contributed by atoms with Crippen molar-refractivity contribution in [3.8, 4) is 34.8 Å². The van der Waals surface area contributed by atoms with E-state index < -0.39 is 29.9 Å². The molecule has 49 heavy (non-hydrogen) atoms. The molecular formula is C34H37N3O12. The fourth-order valence-electron chi connectivity index (χ4n) is 5.86. The summed E-state index contributed by atoms with van der Waals surface area (Å²) in [6.07, 6.45) is -1.57. The highest BCUT2D eigenvalue weighted by molar-refractivity contribution is 6.07. The SMILES string of the molecule is C=C(C)[C@@H]1Oc2ccc(C3=NOC4COc5cc(OC)c(OC)cc5C34)cc2C1OCC(=O)NCCOCCC(=O)On1c(O)ccc1O. The molecule has 0 radical (unpaired) electrons. The summed E-state index contributed by atoms with van der Waals surface area (Å²) < 4.78 is 35.2. The van der Waals surface area contributed by atoms with Gasteiger partial charge in [-0.05, 0) is 36.8 Å². The summed E-state index contributed by atoms with van der Waals surface area (Å²) in [4.78, 5) is 35.2. The zero-order chi connectivity index (χ0) is 34.7. The third kappa shape index (κ3) is 6.93. The van der Waals surface area contributed by atoms with Crippen LogP contribution in [0.5, 0.6) is 34.8 Å². The zero-order valence-electron chi connectivity index (χ0n) is 27.2. The van der Waals surface area contributed by atoms with E-state index >= 15 is 0 Å². The van der Waals surface area contributed by atoms with Crippen LogP contribution in [0.25, 0.3) is 0 Å². The summed E-state index contributed by atoms with van der Waals surface area (Å²) in [6, 6.07) is 11.8. The number of benzene rings is 2. The lowest BCUT2D eigenvalue weighted by Gasteiger charge is -2.28. The van der Waals surface area contributed by atoms with Crippen LogP contribution < -0.4 is 29.1 Å². The number of aromatic nitrogens is 1. The molecule has 0 aliphatic carbocycles. The standard InChI is InChI=1S/C34H37N3O12/c1-18(2)33-34(46-17-27(38)35-10-12-44-11-9-30(41)49-37-28(39)7-8-29(37)40)21-13-19(5-6-22(21)47-33)32-31-20-14-24(42-3)25(43-4)15-23(20)45-16-26(31)48-36-32/h5-8,13-15,26,31,33-34,39-40H,1,9-12,16-17H2,2-4H3,(H,35,38)/t26?,31?,33-,34?/m0/s1. The number of hydrogen-bond donors (Lipinski definition) is 3. The maximum Gasteiger partial charge on any atom is 0.335 e. The Morgan fingerprint density at radius 2 is 1.78 bits per heavy atom. The topological polar surface area (TPSA) is 178 Å². The normalized spacial score (nSPS) is 20.0. The molecule has 0 saturated carbocycles. The van der Waals surface area contributed by atoms with Gasteiger partial charge in [-0.1, -0.05) is 11.7 Å². The van der Waals surface area contributed by atoms with Crippen LogP contribution in [0.3, 0.4) is 0 Å². The summed E-state index contributed by atoms with van der Waals surface area (Å²) in [6.45, 7) is 6.28. The predicted octanol–water partition coefficient (Wildman–Crippen LogP) is 2.77. The van der Waals surface area contributed by atoms with Crippen LogP contribution in [-0.2, 0) is 23.9 Å². The molecule has 6 rings (SSSR count).